The van der Waals surface area contributed by atoms with Crippen molar-refractivity contribution in [2.24, 2.45) is 0 Å². The zero-order valence-corrected chi connectivity index (χ0v) is 14.2. The maximum Gasteiger partial charge on any atom is 0.129 e. The van der Waals surface area contributed by atoms with Gasteiger partial charge >= 0.3 is 0 Å². The van der Waals surface area contributed by atoms with Crippen molar-refractivity contribution >= 4 is 10.9 Å². The van der Waals surface area contributed by atoms with Crippen molar-refractivity contribution in [3.63, 3.8) is 0 Å². The van der Waals surface area contributed by atoms with Crippen molar-refractivity contribution in [1.29, 1.82) is 0 Å². The Labute approximate surface area is 133 Å². The Morgan fingerprint density at radius 2 is 1.91 bits per heavy atom. The van der Waals surface area contributed by atoms with E-state index in [1.165, 1.54) is 36.6 Å². The monoisotopic (exact) mass is 305 g/mol. The number of hydrogen-bond acceptors (Lipinski definition) is 1. The van der Waals surface area contributed by atoms with Gasteiger partial charge in [-0.2, -0.15) is 0 Å². The fraction of sp³-hybridized carbons (Fsp3) is 0.579. The van der Waals surface area contributed by atoms with Crippen molar-refractivity contribution in [3.05, 3.63) is 29.2 Å². The average Bonchev–Trinajstić information content (AvgIpc) is 2.80. The molecule has 2 nitrogen and oxygen atoms in total. The number of aryl methyl sites for hydroxylation is 1. The van der Waals surface area contributed by atoms with Crippen LogP contribution in [0.3, 0.4) is 0 Å². The van der Waals surface area contributed by atoms with E-state index in [4.69, 9.17) is 0 Å². The van der Waals surface area contributed by atoms with Gasteiger partial charge in [0.15, 0.2) is 0 Å². The van der Waals surface area contributed by atoms with Gasteiger partial charge in [0.2, 0.25) is 0 Å². The summed E-state index contributed by atoms with van der Waals surface area (Å²) in [5.74, 6) is 0.0902. The Hall–Kier alpha value is -1.51. The SMILES string of the molecule is CCCCCC(C)c1c(CC)n(CC)c2cc(F)cc(O)c12. The molecule has 2 rings (SSSR count). The highest BCUT2D eigenvalue weighted by atomic mass is 19.1. The molecule has 0 fully saturated rings. The van der Waals surface area contributed by atoms with E-state index in [0.29, 0.717) is 5.92 Å². The highest BCUT2D eigenvalue weighted by Crippen LogP contribution is 2.40. The minimum atomic E-state index is -0.370. The third-order valence-electron chi connectivity index (χ3n) is 4.64. The van der Waals surface area contributed by atoms with Crippen LogP contribution >= 0.6 is 0 Å². The molecule has 3 heteroatoms. The van der Waals surface area contributed by atoms with E-state index in [-0.39, 0.29) is 11.6 Å². The fourth-order valence-corrected chi connectivity index (χ4v) is 3.62. The predicted octanol–water partition coefficient (Wildman–Crippen LogP) is 5.75. The minimum Gasteiger partial charge on any atom is -0.507 e. The number of fused-ring (bicyclic) bond motifs is 1. The summed E-state index contributed by atoms with van der Waals surface area (Å²) >= 11 is 0. The smallest absolute Gasteiger partial charge is 0.129 e. The Morgan fingerprint density at radius 1 is 1.18 bits per heavy atom. The average molecular weight is 305 g/mol. The molecule has 0 amide bonds. The first-order chi connectivity index (χ1) is 10.5. The van der Waals surface area contributed by atoms with Crippen LogP contribution in [0.1, 0.15) is 70.6 Å². The number of aromatic nitrogens is 1. The number of halogens is 1. The van der Waals surface area contributed by atoms with Gasteiger partial charge in [0.1, 0.15) is 11.6 Å². The van der Waals surface area contributed by atoms with E-state index in [0.717, 1.165) is 30.3 Å². The summed E-state index contributed by atoms with van der Waals surface area (Å²) in [6.07, 6.45) is 5.65. The first kappa shape index (κ1) is 16.9. The first-order valence-corrected chi connectivity index (χ1v) is 8.58. The second kappa shape index (κ2) is 7.17. The molecule has 2 aromatic rings. The van der Waals surface area contributed by atoms with Gasteiger partial charge in [0, 0.05) is 23.7 Å². The molecule has 22 heavy (non-hydrogen) atoms. The first-order valence-electron chi connectivity index (χ1n) is 8.58. The van der Waals surface area contributed by atoms with Crippen LogP contribution in [0, 0.1) is 5.82 Å². The van der Waals surface area contributed by atoms with Gasteiger partial charge in [0.05, 0.1) is 5.52 Å². The van der Waals surface area contributed by atoms with E-state index in [1.807, 2.05) is 0 Å². The van der Waals surface area contributed by atoms with E-state index < -0.39 is 0 Å². The quantitative estimate of drug-likeness (QED) is 0.647. The third kappa shape index (κ3) is 2.99. The molecular formula is C19H28FNO. The van der Waals surface area contributed by atoms with Crippen LogP contribution in [0.15, 0.2) is 12.1 Å². The van der Waals surface area contributed by atoms with E-state index in [9.17, 15) is 9.50 Å². The lowest BCUT2D eigenvalue weighted by Crippen LogP contribution is -2.03. The van der Waals surface area contributed by atoms with Gasteiger partial charge in [0.25, 0.3) is 0 Å². The minimum absolute atomic E-state index is 0.0780. The lowest BCUT2D eigenvalue weighted by atomic mass is 9.91. The fourth-order valence-electron chi connectivity index (χ4n) is 3.62. The van der Waals surface area contributed by atoms with Gasteiger partial charge in [-0.15, -0.1) is 0 Å². The van der Waals surface area contributed by atoms with E-state index >= 15 is 0 Å². The number of rotatable bonds is 7. The van der Waals surface area contributed by atoms with Gasteiger partial charge in [-0.25, -0.2) is 4.39 Å². The Bertz CT molecular complexity index is 645. The number of hydrogen-bond donors (Lipinski definition) is 1. The molecule has 1 heterocycles. The van der Waals surface area contributed by atoms with Crippen LogP contribution in [0.2, 0.25) is 0 Å². The molecule has 0 saturated heterocycles. The van der Waals surface area contributed by atoms with Crippen LogP contribution in [0.5, 0.6) is 5.75 Å². The molecule has 0 aliphatic carbocycles. The highest BCUT2D eigenvalue weighted by molar-refractivity contribution is 5.91. The summed E-state index contributed by atoms with van der Waals surface area (Å²) in [5, 5.41) is 11.2. The molecule has 1 atom stereocenters. The number of phenols is 1. The second-order valence-electron chi connectivity index (χ2n) is 6.17. The highest BCUT2D eigenvalue weighted by Gasteiger charge is 2.22. The molecule has 0 aliphatic heterocycles. The molecule has 1 N–H and O–H groups in total. The predicted molar refractivity (Wildman–Crippen MR) is 91.2 cm³/mol. The number of nitrogens with zero attached hydrogens (tertiary/aromatic N) is 1. The molecule has 1 aromatic carbocycles. The van der Waals surface area contributed by atoms with Gasteiger partial charge in [-0.1, -0.05) is 40.0 Å². The maximum atomic E-state index is 13.7. The molecule has 0 radical (unpaired) electrons. The van der Waals surface area contributed by atoms with Crippen molar-refractivity contribution in [2.45, 2.75) is 72.3 Å². The van der Waals surface area contributed by atoms with Crippen LogP contribution in [0.25, 0.3) is 10.9 Å². The normalized spacial score (nSPS) is 13.0. The number of aromatic hydroxyl groups is 1. The summed E-state index contributed by atoms with van der Waals surface area (Å²) in [7, 11) is 0. The molecule has 0 aliphatic rings. The van der Waals surface area contributed by atoms with Crippen LogP contribution < -0.4 is 0 Å². The lowest BCUT2D eigenvalue weighted by molar-refractivity contribution is 0.475. The van der Waals surface area contributed by atoms with Crippen molar-refractivity contribution < 1.29 is 9.50 Å². The van der Waals surface area contributed by atoms with E-state index in [1.54, 1.807) is 6.07 Å². The molecular weight excluding hydrogens is 277 g/mol. The lowest BCUT2D eigenvalue weighted by Gasteiger charge is -2.14. The van der Waals surface area contributed by atoms with Gasteiger partial charge in [-0.05, 0) is 37.3 Å². The zero-order chi connectivity index (χ0) is 16.3. The van der Waals surface area contributed by atoms with Crippen molar-refractivity contribution in [2.75, 3.05) is 0 Å². The second-order valence-corrected chi connectivity index (χ2v) is 6.17. The number of unbranched alkanes of at least 4 members (excludes halogenated alkanes) is 2. The zero-order valence-electron chi connectivity index (χ0n) is 14.2. The van der Waals surface area contributed by atoms with Crippen LogP contribution in [-0.4, -0.2) is 9.67 Å². The van der Waals surface area contributed by atoms with Crippen LogP contribution in [-0.2, 0) is 13.0 Å². The van der Waals surface area contributed by atoms with Crippen molar-refractivity contribution in [1.82, 2.24) is 4.57 Å². The van der Waals surface area contributed by atoms with Gasteiger partial charge in [-0.3, -0.25) is 0 Å². The number of benzene rings is 1. The molecule has 1 aromatic heterocycles. The molecule has 0 saturated carbocycles. The summed E-state index contributed by atoms with van der Waals surface area (Å²) in [6, 6.07) is 2.80. The van der Waals surface area contributed by atoms with Crippen molar-refractivity contribution in [3.8, 4) is 5.75 Å². The maximum absolute atomic E-state index is 13.7. The Kier molecular flexibility index (Phi) is 5.49. The molecule has 122 valence electrons. The molecule has 0 spiro atoms. The number of phenolic OH excluding ortho intramolecular Hbond substituents is 1. The summed E-state index contributed by atoms with van der Waals surface area (Å²) < 4.78 is 15.9. The molecule has 1 unspecified atom stereocenters. The summed E-state index contributed by atoms with van der Waals surface area (Å²) in [6.45, 7) is 9.44. The summed E-state index contributed by atoms with van der Waals surface area (Å²) in [4.78, 5) is 0. The Morgan fingerprint density at radius 3 is 2.50 bits per heavy atom. The third-order valence-corrected chi connectivity index (χ3v) is 4.64. The standard InChI is InChI=1S/C19H28FNO/c1-5-8-9-10-13(4)18-15(6-2)21(7-3)16-11-14(20)12-17(22)19(16)18/h11-13,22H,5-10H2,1-4H3. The Balaban J connectivity index is 2.60. The summed E-state index contributed by atoms with van der Waals surface area (Å²) in [5.41, 5.74) is 3.28. The van der Waals surface area contributed by atoms with Gasteiger partial charge < -0.3 is 9.67 Å². The van der Waals surface area contributed by atoms with Crippen LogP contribution in [0.4, 0.5) is 4.39 Å². The largest absolute Gasteiger partial charge is 0.507 e. The topological polar surface area (TPSA) is 25.2 Å². The van der Waals surface area contributed by atoms with E-state index in [2.05, 4.69) is 32.3 Å². The molecule has 0 bridgehead atoms.